The summed E-state index contributed by atoms with van der Waals surface area (Å²) in [6.45, 7) is 6.18. The number of aromatic nitrogens is 1. The van der Waals surface area contributed by atoms with Gasteiger partial charge >= 0.3 is 0 Å². The van der Waals surface area contributed by atoms with E-state index in [1.54, 1.807) is 6.21 Å². The van der Waals surface area contributed by atoms with Crippen molar-refractivity contribution in [1.29, 1.82) is 0 Å². The smallest absolute Gasteiger partial charge is 0.254 e. The van der Waals surface area contributed by atoms with Crippen molar-refractivity contribution in [3.8, 4) is 5.69 Å². The van der Waals surface area contributed by atoms with Crippen LogP contribution in [0.25, 0.3) is 5.69 Å². The lowest BCUT2D eigenvalue weighted by atomic mass is 9.63. The number of rotatable bonds is 3. The SMILES string of the molecule is Cc1cccc(-n2c(C)cc(/C=N\N3C(=O)[C@@H]4[C@H]5C=C[C@@H]([C@@H]6C[C@H]56)[C@@H]4C3=O)c2C)c1. The van der Waals surface area contributed by atoms with Crippen molar-refractivity contribution in [3.63, 3.8) is 0 Å². The van der Waals surface area contributed by atoms with Gasteiger partial charge in [0.2, 0.25) is 0 Å². The first-order valence-corrected chi connectivity index (χ1v) is 10.8. The molecule has 0 N–H and O–H groups in total. The highest BCUT2D eigenvalue weighted by molar-refractivity contribution is 6.06. The van der Waals surface area contributed by atoms with Crippen LogP contribution in [-0.4, -0.2) is 27.6 Å². The van der Waals surface area contributed by atoms with E-state index in [0.29, 0.717) is 11.8 Å². The minimum atomic E-state index is -0.201. The predicted molar refractivity (Wildman–Crippen MR) is 114 cm³/mol. The molecule has 1 aromatic carbocycles. The summed E-state index contributed by atoms with van der Waals surface area (Å²) in [5.74, 6) is 1.05. The van der Waals surface area contributed by atoms with Gasteiger partial charge in [-0.2, -0.15) is 10.1 Å². The van der Waals surface area contributed by atoms with Crippen molar-refractivity contribution in [2.24, 2.45) is 40.6 Å². The summed E-state index contributed by atoms with van der Waals surface area (Å²) in [4.78, 5) is 26.2. The Kier molecular flexibility index (Phi) is 3.59. The molecule has 6 atom stereocenters. The van der Waals surface area contributed by atoms with Crippen LogP contribution in [0.3, 0.4) is 0 Å². The average molecular weight is 399 g/mol. The van der Waals surface area contributed by atoms with Crippen molar-refractivity contribution in [3.05, 3.63) is 65.0 Å². The zero-order valence-electron chi connectivity index (χ0n) is 17.4. The molecule has 4 aliphatic carbocycles. The molecule has 1 saturated heterocycles. The second-order valence-electron chi connectivity index (χ2n) is 9.39. The Bertz CT molecular complexity index is 1120. The van der Waals surface area contributed by atoms with E-state index in [1.165, 1.54) is 12.0 Å². The van der Waals surface area contributed by atoms with Gasteiger partial charge in [-0.05, 0) is 74.6 Å². The molecule has 0 unspecified atom stereocenters. The number of carbonyl (C=O) groups is 2. The van der Waals surface area contributed by atoms with Crippen LogP contribution in [-0.2, 0) is 9.59 Å². The molecular formula is C25H25N3O2. The second-order valence-corrected chi connectivity index (χ2v) is 9.39. The van der Waals surface area contributed by atoms with Gasteiger partial charge in [0.05, 0.1) is 18.1 Å². The summed E-state index contributed by atoms with van der Waals surface area (Å²) < 4.78 is 2.18. The lowest BCUT2D eigenvalue weighted by Gasteiger charge is -2.37. The highest BCUT2D eigenvalue weighted by atomic mass is 16.2. The van der Waals surface area contributed by atoms with Gasteiger partial charge in [-0.1, -0.05) is 24.3 Å². The quantitative estimate of drug-likeness (QED) is 0.448. The van der Waals surface area contributed by atoms with Crippen molar-refractivity contribution in [2.75, 3.05) is 0 Å². The fourth-order valence-electron chi connectivity index (χ4n) is 6.26. The Morgan fingerprint density at radius 2 is 1.63 bits per heavy atom. The fourth-order valence-corrected chi connectivity index (χ4v) is 6.26. The van der Waals surface area contributed by atoms with Gasteiger partial charge in [-0.25, -0.2) is 0 Å². The molecule has 7 rings (SSSR count). The Morgan fingerprint density at radius 1 is 0.967 bits per heavy atom. The van der Waals surface area contributed by atoms with Crippen LogP contribution >= 0.6 is 0 Å². The molecule has 5 nitrogen and oxygen atoms in total. The van der Waals surface area contributed by atoms with E-state index in [9.17, 15) is 9.59 Å². The number of carbonyl (C=O) groups excluding carboxylic acids is 2. The number of hydrogen-bond acceptors (Lipinski definition) is 3. The molecule has 2 amide bonds. The van der Waals surface area contributed by atoms with Gasteiger partial charge in [0.25, 0.3) is 11.8 Å². The van der Waals surface area contributed by atoms with Gasteiger partial charge in [-0.15, -0.1) is 0 Å². The topological polar surface area (TPSA) is 54.7 Å². The van der Waals surface area contributed by atoms with Crippen LogP contribution < -0.4 is 0 Å². The van der Waals surface area contributed by atoms with Gasteiger partial charge in [0.1, 0.15) is 0 Å². The number of hydrogen-bond donors (Lipinski definition) is 0. The third-order valence-corrected chi connectivity index (χ3v) is 7.68. The summed E-state index contributed by atoms with van der Waals surface area (Å²) in [6, 6.07) is 10.4. The molecule has 1 aliphatic heterocycles. The van der Waals surface area contributed by atoms with Crippen LogP contribution in [0.5, 0.6) is 0 Å². The molecule has 30 heavy (non-hydrogen) atoms. The van der Waals surface area contributed by atoms with Crippen LogP contribution in [0.4, 0.5) is 0 Å². The number of allylic oxidation sites excluding steroid dienone is 2. The molecular weight excluding hydrogens is 374 g/mol. The van der Waals surface area contributed by atoms with E-state index in [2.05, 4.69) is 59.9 Å². The maximum absolute atomic E-state index is 13.1. The van der Waals surface area contributed by atoms with Gasteiger partial charge in [-0.3, -0.25) is 9.59 Å². The first-order chi connectivity index (χ1) is 14.5. The third kappa shape index (κ3) is 2.32. The van der Waals surface area contributed by atoms with E-state index in [4.69, 9.17) is 0 Å². The van der Waals surface area contributed by atoms with E-state index in [0.717, 1.165) is 27.6 Å². The average Bonchev–Trinajstić information content (AvgIpc) is 3.45. The number of amides is 2. The van der Waals surface area contributed by atoms with Crippen LogP contribution in [0.1, 0.15) is 28.9 Å². The number of nitrogens with zero attached hydrogens (tertiary/aromatic N) is 3. The largest absolute Gasteiger partial charge is 0.318 e. The third-order valence-electron chi connectivity index (χ3n) is 7.68. The minimum Gasteiger partial charge on any atom is -0.318 e. The second kappa shape index (κ2) is 6.03. The summed E-state index contributed by atoms with van der Waals surface area (Å²) in [5, 5.41) is 5.57. The number of hydrazone groups is 1. The molecule has 5 aliphatic rings. The molecule has 152 valence electrons. The summed E-state index contributed by atoms with van der Waals surface area (Å²) >= 11 is 0. The van der Waals surface area contributed by atoms with Gasteiger partial charge in [0.15, 0.2) is 0 Å². The summed E-state index contributed by atoms with van der Waals surface area (Å²) in [5.41, 5.74) is 5.36. The van der Waals surface area contributed by atoms with Gasteiger partial charge in [0, 0.05) is 22.6 Å². The molecule has 2 heterocycles. The maximum Gasteiger partial charge on any atom is 0.254 e. The molecule has 2 aromatic rings. The minimum absolute atomic E-state index is 0.113. The lowest BCUT2D eigenvalue weighted by molar-refractivity contribution is -0.140. The summed E-state index contributed by atoms with van der Waals surface area (Å²) in [7, 11) is 0. The zero-order valence-corrected chi connectivity index (χ0v) is 17.4. The van der Waals surface area contributed by atoms with E-state index in [-0.39, 0.29) is 35.5 Å². The van der Waals surface area contributed by atoms with E-state index in [1.807, 2.05) is 13.0 Å². The molecule has 0 radical (unpaired) electrons. The van der Waals surface area contributed by atoms with Crippen LogP contribution in [0.15, 0.2) is 47.6 Å². The van der Waals surface area contributed by atoms with E-state index < -0.39 is 0 Å². The van der Waals surface area contributed by atoms with Crippen LogP contribution in [0.2, 0.25) is 0 Å². The van der Waals surface area contributed by atoms with Crippen molar-refractivity contribution in [2.45, 2.75) is 27.2 Å². The Morgan fingerprint density at radius 3 is 2.27 bits per heavy atom. The Hall–Kier alpha value is -2.95. The summed E-state index contributed by atoms with van der Waals surface area (Å²) in [6.07, 6.45) is 7.23. The van der Waals surface area contributed by atoms with Crippen molar-refractivity contribution >= 4 is 18.0 Å². The first kappa shape index (κ1) is 17.9. The Labute approximate surface area is 176 Å². The van der Waals surface area contributed by atoms with Crippen LogP contribution in [0, 0.1) is 56.3 Å². The lowest BCUT2D eigenvalue weighted by Crippen LogP contribution is -2.40. The Balaban J connectivity index is 1.31. The molecule has 1 aromatic heterocycles. The van der Waals surface area contributed by atoms with Crippen molar-refractivity contribution in [1.82, 2.24) is 9.58 Å². The monoisotopic (exact) mass is 399 g/mol. The molecule has 2 saturated carbocycles. The number of benzene rings is 1. The fraction of sp³-hybridized carbons (Fsp3) is 0.400. The highest BCUT2D eigenvalue weighted by Gasteiger charge is 2.67. The molecule has 3 fully saturated rings. The van der Waals surface area contributed by atoms with E-state index >= 15 is 0 Å². The number of aryl methyl sites for hydroxylation is 2. The predicted octanol–water partition coefficient (Wildman–Crippen LogP) is 3.79. The van der Waals surface area contributed by atoms with Crippen molar-refractivity contribution < 1.29 is 9.59 Å². The molecule has 2 bridgehead atoms. The number of imide groups is 1. The normalized spacial score (nSPS) is 33.5. The van der Waals surface area contributed by atoms with Gasteiger partial charge < -0.3 is 4.57 Å². The standard InChI is InChI=1S/C25H25N3O2/c1-13-5-4-6-17(9-13)27-14(2)10-16(15(27)3)12-26-28-24(29)22-18-7-8-19(21-11-20(18)21)23(22)25(28)30/h4-10,12,18-23H,11H2,1-3H3/b26-12-/t18-,19-,20-,21+,22-,23+/m0/s1. The highest BCUT2D eigenvalue weighted by Crippen LogP contribution is 2.65. The molecule has 0 spiro atoms. The molecule has 5 heteroatoms. The zero-order chi connectivity index (χ0) is 20.7. The maximum atomic E-state index is 13.1. The first-order valence-electron chi connectivity index (χ1n) is 10.8.